The summed E-state index contributed by atoms with van der Waals surface area (Å²) in [4.78, 5) is 10.3. The molecule has 0 atom stereocenters. The van der Waals surface area contributed by atoms with Crippen LogP contribution in [-0.4, -0.2) is 23.1 Å². The van der Waals surface area contributed by atoms with Crippen molar-refractivity contribution in [1.82, 2.24) is 20.8 Å². The first-order valence-corrected chi connectivity index (χ1v) is 10.4. The standard InChI is InChI=1S/C21H27N5OS/c1-5-17-16(18(6-2)27-26-17)12-23-21(22-4)24-13-19-14(3)25-20(28-19)15-10-8-7-9-11-15/h7-11H,5-6,12-13H2,1-4H3,(H2,22,23,24). The molecule has 2 aromatic heterocycles. The molecule has 0 unspecified atom stereocenters. The molecule has 0 amide bonds. The van der Waals surface area contributed by atoms with Crippen LogP contribution in [-0.2, 0) is 25.9 Å². The van der Waals surface area contributed by atoms with Crippen LogP contribution in [0.5, 0.6) is 0 Å². The van der Waals surface area contributed by atoms with Crippen molar-refractivity contribution in [2.75, 3.05) is 7.05 Å². The Labute approximate surface area is 170 Å². The van der Waals surface area contributed by atoms with Gasteiger partial charge in [-0.1, -0.05) is 49.3 Å². The van der Waals surface area contributed by atoms with E-state index in [0.717, 1.165) is 52.1 Å². The van der Waals surface area contributed by atoms with Gasteiger partial charge in [0.15, 0.2) is 5.96 Å². The van der Waals surface area contributed by atoms with Crippen molar-refractivity contribution in [2.45, 2.75) is 46.7 Å². The molecule has 0 saturated carbocycles. The summed E-state index contributed by atoms with van der Waals surface area (Å²) in [5.74, 6) is 1.69. The fourth-order valence-corrected chi connectivity index (χ4v) is 4.00. The first kappa shape index (κ1) is 20.1. The molecule has 0 aliphatic carbocycles. The molecule has 6 nitrogen and oxygen atoms in total. The maximum absolute atomic E-state index is 5.43. The second kappa shape index (κ2) is 9.50. The molecule has 3 rings (SSSR count). The van der Waals surface area contributed by atoms with E-state index in [-0.39, 0.29) is 0 Å². The lowest BCUT2D eigenvalue weighted by atomic mass is 10.1. The Morgan fingerprint density at radius 1 is 1.11 bits per heavy atom. The predicted octanol–water partition coefficient (Wildman–Crippen LogP) is 4.10. The number of aryl methyl sites for hydroxylation is 3. The van der Waals surface area contributed by atoms with E-state index in [0.29, 0.717) is 13.1 Å². The normalized spacial score (nSPS) is 11.6. The summed E-state index contributed by atoms with van der Waals surface area (Å²) in [6.07, 6.45) is 1.69. The van der Waals surface area contributed by atoms with Gasteiger partial charge in [0.2, 0.25) is 0 Å². The third-order valence-electron chi connectivity index (χ3n) is 4.59. The van der Waals surface area contributed by atoms with Crippen molar-refractivity contribution in [1.29, 1.82) is 0 Å². The molecular formula is C21H27N5OS. The number of thiazole rings is 1. The predicted molar refractivity (Wildman–Crippen MR) is 115 cm³/mol. The molecule has 0 aliphatic rings. The molecule has 0 spiro atoms. The van der Waals surface area contributed by atoms with Crippen molar-refractivity contribution in [2.24, 2.45) is 4.99 Å². The van der Waals surface area contributed by atoms with E-state index in [1.807, 2.05) is 25.1 Å². The van der Waals surface area contributed by atoms with Gasteiger partial charge in [-0.3, -0.25) is 4.99 Å². The zero-order valence-electron chi connectivity index (χ0n) is 16.9. The average Bonchev–Trinajstić information content (AvgIpc) is 3.31. The van der Waals surface area contributed by atoms with Gasteiger partial charge in [0.05, 0.1) is 17.9 Å². The highest BCUT2D eigenvalue weighted by molar-refractivity contribution is 7.15. The fourth-order valence-electron chi connectivity index (χ4n) is 2.99. The second-order valence-corrected chi connectivity index (χ2v) is 7.49. The number of nitrogens with zero attached hydrogens (tertiary/aromatic N) is 3. The van der Waals surface area contributed by atoms with Gasteiger partial charge in [0, 0.05) is 36.0 Å². The van der Waals surface area contributed by atoms with Crippen LogP contribution in [0.25, 0.3) is 10.6 Å². The highest BCUT2D eigenvalue weighted by Crippen LogP contribution is 2.27. The Hall–Kier alpha value is -2.67. The molecular weight excluding hydrogens is 370 g/mol. The van der Waals surface area contributed by atoms with Crippen LogP contribution in [0.15, 0.2) is 39.8 Å². The monoisotopic (exact) mass is 397 g/mol. The van der Waals surface area contributed by atoms with Crippen LogP contribution in [0.1, 0.15) is 41.4 Å². The highest BCUT2D eigenvalue weighted by atomic mass is 32.1. The summed E-state index contributed by atoms with van der Waals surface area (Å²) in [6.45, 7) is 7.54. The summed E-state index contributed by atoms with van der Waals surface area (Å²) in [5, 5.41) is 12.0. The summed E-state index contributed by atoms with van der Waals surface area (Å²) in [5.41, 5.74) is 4.34. The summed E-state index contributed by atoms with van der Waals surface area (Å²) in [7, 11) is 1.78. The van der Waals surface area contributed by atoms with Gasteiger partial charge < -0.3 is 15.2 Å². The Morgan fingerprint density at radius 2 is 1.86 bits per heavy atom. The number of benzene rings is 1. The van der Waals surface area contributed by atoms with E-state index < -0.39 is 0 Å². The number of nitrogens with one attached hydrogen (secondary N) is 2. The lowest BCUT2D eigenvalue weighted by Gasteiger charge is -2.11. The molecule has 2 N–H and O–H groups in total. The van der Waals surface area contributed by atoms with Gasteiger partial charge in [-0.05, 0) is 13.3 Å². The fraction of sp³-hybridized carbons (Fsp3) is 0.381. The van der Waals surface area contributed by atoms with E-state index in [2.05, 4.69) is 46.8 Å². The zero-order chi connectivity index (χ0) is 19.9. The first-order valence-electron chi connectivity index (χ1n) is 9.58. The second-order valence-electron chi connectivity index (χ2n) is 6.41. The Bertz CT molecular complexity index is 908. The number of hydrogen-bond donors (Lipinski definition) is 2. The molecule has 0 fully saturated rings. The first-order chi connectivity index (χ1) is 13.7. The zero-order valence-corrected chi connectivity index (χ0v) is 17.7. The minimum atomic E-state index is 0.645. The maximum Gasteiger partial charge on any atom is 0.191 e. The quantitative estimate of drug-likeness (QED) is 0.464. The van der Waals surface area contributed by atoms with Gasteiger partial charge in [0.25, 0.3) is 0 Å². The Kier molecular flexibility index (Phi) is 6.81. The molecule has 2 heterocycles. The van der Waals surface area contributed by atoms with Crippen molar-refractivity contribution < 1.29 is 4.52 Å². The maximum atomic E-state index is 5.43. The summed E-state index contributed by atoms with van der Waals surface area (Å²) in [6, 6.07) is 10.3. The van der Waals surface area contributed by atoms with Gasteiger partial charge >= 0.3 is 0 Å². The smallest absolute Gasteiger partial charge is 0.191 e. The third kappa shape index (κ3) is 4.59. The average molecular weight is 398 g/mol. The Morgan fingerprint density at radius 3 is 2.54 bits per heavy atom. The topological polar surface area (TPSA) is 75.3 Å². The molecule has 0 saturated heterocycles. The lowest BCUT2D eigenvalue weighted by Crippen LogP contribution is -2.36. The van der Waals surface area contributed by atoms with Crippen molar-refractivity contribution >= 4 is 17.3 Å². The van der Waals surface area contributed by atoms with Crippen molar-refractivity contribution in [3.05, 3.63) is 57.9 Å². The number of aromatic nitrogens is 2. The highest BCUT2D eigenvalue weighted by Gasteiger charge is 2.14. The number of rotatable bonds is 7. The summed E-state index contributed by atoms with van der Waals surface area (Å²) < 4.78 is 5.43. The van der Waals surface area contributed by atoms with Crippen molar-refractivity contribution in [3.8, 4) is 10.6 Å². The Balaban J connectivity index is 1.62. The van der Waals surface area contributed by atoms with E-state index in [1.54, 1.807) is 18.4 Å². The van der Waals surface area contributed by atoms with E-state index in [9.17, 15) is 0 Å². The summed E-state index contributed by atoms with van der Waals surface area (Å²) >= 11 is 1.71. The van der Waals surface area contributed by atoms with Gasteiger partial charge in [-0.2, -0.15) is 0 Å². The molecule has 7 heteroatoms. The molecule has 0 bridgehead atoms. The molecule has 148 valence electrons. The number of guanidine groups is 1. The van der Waals surface area contributed by atoms with Crippen molar-refractivity contribution in [3.63, 3.8) is 0 Å². The van der Waals surface area contributed by atoms with Crippen LogP contribution in [0.4, 0.5) is 0 Å². The molecule has 1 aromatic carbocycles. The minimum absolute atomic E-state index is 0.645. The number of hydrogen-bond acceptors (Lipinski definition) is 5. The van der Waals surface area contributed by atoms with Gasteiger partial charge in [-0.25, -0.2) is 4.98 Å². The minimum Gasteiger partial charge on any atom is -0.361 e. The third-order valence-corrected chi connectivity index (χ3v) is 5.80. The molecule has 0 aliphatic heterocycles. The largest absolute Gasteiger partial charge is 0.361 e. The number of aliphatic imine (C=N–C) groups is 1. The molecule has 28 heavy (non-hydrogen) atoms. The SMILES string of the molecule is CCc1noc(CC)c1CNC(=NC)NCc1sc(-c2ccccc2)nc1C. The van der Waals surface area contributed by atoms with E-state index >= 15 is 0 Å². The molecule has 0 radical (unpaired) electrons. The van der Waals surface area contributed by atoms with Crippen LogP contribution < -0.4 is 10.6 Å². The molecule has 3 aromatic rings. The van der Waals surface area contributed by atoms with E-state index in [4.69, 9.17) is 9.51 Å². The van der Waals surface area contributed by atoms with Crippen LogP contribution in [0.2, 0.25) is 0 Å². The van der Waals surface area contributed by atoms with Gasteiger partial charge in [-0.15, -0.1) is 11.3 Å². The van der Waals surface area contributed by atoms with Gasteiger partial charge in [0.1, 0.15) is 10.8 Å². The van der Waals surface area contributed by atoms with Crippen LogP contribution in [0.3, 0.4) is 0 Å². The van der Waals surface area contributed by atoms with E-state index in [1.165, 1.54) is 4.88 Å². The van der Waals surface area contributed by atoms with Crippen LogP contribution in [0, 0.1) is 6.92 Å². The lowest BCUT2D eigenvalue weighted by molar-refractivity contribution is 0.380. The van der Waals surface area contributed by atoms with Crippen LogP contribution >= 0.6 is 11.3 Å².